The summed E-state index contributed by atoms with van der Waals surface area (Å²) >= 11 is 0. The molecule has 2 rings (SSSR count). The van der Waals surface area contributed by atoms with Crippen LogP contribution in [0.5, 0.6) is 0 Å². The minimum atomic E-state index is -0.0968. The Morgan fingerprint density at radius 3 is 3.00 bits per heavy atom. The molecule has 1 fully saturated rings. The zero-order valence-electron chi connectivity index (χ0n) is 11.4. The van der Waals surface area contributed by atoms with Crippen molar-refractivity contribution in [3.63, 3.8) is 0 Å². The quantitative estimate of drug-likeness (QED) is 0.883. The van der Waals surface area contributed by atoms with Gasteiger partial charge in [-0.25, -0.2) is 4.39 Å². The van der Waals surface area contributed by atoms with Gasteiger partial charge in [-0.2, -0.15) is 0 Å². The fraction of sp³-hybridized carbons (Fsp3) is 0.600. The van der Waals surface area contributed by atoms with Gasteiger partial charge in [0.2, 0.25) is 0 Å². The number of halogens is 1. The first-order valence-electron chi connectivity index (χ1n) is 6.93. The van der Waals surface area contributed by atoms with E-state index in [0.29, 0.717) is 6.54 Å². The minimum absolute atomic E-state index is 0.0968. The second kappa shape index (κ2) is 6.19. The van der Waals surface area contributed by atoms with Gasteiger partial charge in [0.1, 0.15) is 5.82 Å². The molecular weight excluding hydrogens is 227 g/mol. The molecule has 0 bridgehead atoms. The third-order valence-corrected chi connectivity index (χ3v) is 3.88. The van der Waals surface area contributed by atoms with Gasteiger partial charge in [0.05, 0.1) is 0 Å². The topological polar surface area (TPSA) is 15.3 Å². The molecule has 0 radical (unpaired) electrons. The summed E-state index contributed by atoms with van der Waals surface area (Å²) in [6.07, 6.45) is 3.74. The Morgan fingerprint density at radius 1 is 1.44 bits per heavy atom. The van der Waals surface area contributed by atoms with E-state index in [1.54, 1.807) is 6.07 Å². The average molecular weight is 250 g/mol. The van der Waals surface area contributed by atoms with Crippen LogP contribution in [0.2, 0.25) is 0 Å². The normalized spacial score (nSPS) is 20.2. The first kappa shape index (κ1) is 13.3. The highest BCUT2D eigenvalue weighted by Crippen LogP contribution is 2.28. The summed E-state index contributed by atoms with van der Waals surface area (Å²) in [5.74, 6) is 0.657. The van der Waals surface area contributed by atoms with E-state index in [1.807, 2.05) is 19.2 Å². The standard InChI is InChI=1S/C15H23FN2/c1-3-12-6-5-9-18(11-12)15-8-4-7-14(16)13(15)10-17-2/h4,7-8,12,17H,3,5-6,9-11H2,1-2H3. The number of nitrogens with one attached hydrogen (secondary N) is 1. The molecule has 2 nitrogen and oxygen atoms in total. The molecule has 18 heavy (non-hydrogen) atoms. The van der Waals surface area contributed by atoms with Crippen LogP contribution in [0.4, 0.5) is 10.1 Å². The smallest absolute Gasteiger partial charge is 0.129 e. The predicted octanol–water partition coefficient (Wildman–Crippen LogP) is 3.17. The molecule has 1 atom stereocenters. The van der Waals surface area contributed by atoms with E-state index in [2.05, 4.69) is 17.1 Å². The molecule has 1 aromatic rings. The first-order valence-corrected chi connectivity index (χ1v) is 6.93. The van der Waals surface area contributed by atoms with E-state index in [4.69, 9.17) is 0 Å². The molecule has 1 heterocycles. The Morgan fingerprint density at radius 2 is 2.28 bits per heavy atom. The van der Waals surface area contributed by atoms with E-state index in [9.17, 15) is 4.39 Å². The van der Waals surface area contributed by atoms with Gasteiger partial charge < -0.3 is 10.2 Å². The van der Waals surface area contributed by atoms with Crippen molar-refractivity contribution < 1.29 is 4.39 Å². The van der Waals surface area contributed by atoms with Crippen molar-refractivity contribution in [1.29, 1.82) is 0 Å². The zero-order valence-corrected chi connectivity index (χ0v) is 11.4. The summed E-state index contributed by atoms with van der Waals surface area (Å²) in [7, 11) is 1.86. The minimum Gasteiger partial charge on any atom is -0.371 e. The lowest BCUT2D eigenvalue weighted by Crippen LogP contribution is -2.36. The third-order valence-electron chi connectivity index (χ3n) is 3.88. The van der Waals surface area contributed by atoms with Gasteiger partial charge in [0, 0.05) is 30.9 Å². The molecule has 1 N–H and O–H groups in total. The van der Waals surface area contributed by atoms with Gasteiger partial charge in [-0.3, -0.25) is 0 Å². The second-order valence-electron chi connectivity index (χ2n) is 5.13. The highest BCUT2D eigenvalue weighted by Gasteiger charge is 2.21. The van der Waals surface area contributed by atoms with E-state index in [1.165, 1.54) is 19.3 Å². The largest absolute Gasteiger partial charge is 0.371 e. The maximum absolute atomic E-state index is 13.9. The summed E-state index contributed by atoms with van der Waals surface area (Å²) in [6.45, 7) is 4.96. The summed E-state index contributed by atoms with van der Waals surface area (Å²) in [5.41, 5.74) is 1.87. The summed E-state index contributed by atoms with van der Waals surface area (Å²) < 4.78 is 13.9. The van der Waals surface area contributed by atoms with Crippen LogP contribution >= 0.6 is 0 Å². The van der Waals surface area contributed by atoms with Crippen LogP contribution in [-0.4, -0.2) is 20.1 Å². The molecule has 1 aliphatic rings. The van der Waals surface area contributed by atoms with Crippen LogP contribution in [0.15, 0.2) is 18.2 Å². The summed E-state index contributed by atoms with van der Waals surface area (Å²) in [4.78, 5) is 2.35. The van der Waals surface area contributed by atoms with Crippen molar-refractivity contribution in [2.24, 2.45) is 5.92 Å². The number of piperidine rings is 1. The number of hydrogen-bond acceptors (Lipinski definition) is 2. The molecule has 0 saturated carbocycles. The summed E-state index contributed by atoms with van der Waals surface area (Å²) in [6, 6.07) is 5.42. The van der Waals surface area contributed by atoms with E-state index in [-0.39, 0.29) is 5.82 Å². The number of hydrogen-bond donors (Lipinski definition) is 1. The van der Waals surface area contributed by atoms with Crippen LogP contribution < -0.4 is 10.2 Å². The fourth-order valence-corrected chi connectivity index (χ4v) is 2.81. The molecule has 0 spiro atoms. The van der Waals surface area contributed by atoms with E-state index >= 15 is 0 Å². The molecule has 1 saturated heterocycles. The number of benzene rings is 1. The van der Waals surface area contributed by atoms with Crippen molar-refractivity contribution in [1.82, 2.24) is 5.32 Å². The van der Waals surface area contributed by atoms with Crippen molar-refractivity contribution in [3.8, 4) is 0 Å². The highest BCUT2D eigenvalue weighted by molar-refractivity contribution is 5.54. The molecule has 1 unspecified atom stereocenters. The Balaban J connectivity index is 2.23. The number of nitrogens with zero attached hydrogens (tertiary/aromatic N) is 1. The van der Waals surface area contributed by atoms with Crippen LogP contribution in [0, 0.1) is 11.7 Å². The monoisotopic (exact) mass is 250 g/mol. The Kier molecular flexibility index (Phi) is 4.59. The van der Waals surface area contributed by atoms with Gasteiger partial charge in [0.25, 0.3) is 0 Å². The lowest BCUT2D eigenvalue weighted by molar-refractivity contribution is 0.403. The molecule has 0 amide bonds. The number of anilines is 1. The lowest BCUT2D eigenvalue weighted by Gasteiger charge is -2.35. The van der Waals surface area contributed by atoms with Gasteiger partial charge in [0.15, 0.2) is 0 Å². The van der Waals surface area contributed by atoms with Crippen LogP contribution in [-0.2, 0) is 6.54 Å². The van der Waals surface area contributed by atoms with Gasteiger partial charge in [-0.1, -0.05) is 19.4 Å². The first-order chi connectivity index (χ1) is 8.76. The van der Waals surface area contributed by atoms with Gasteiger partial charge in [-0.05, 0) is 37.9 Å². The van der Waals surface area contributed by atoms with Gasteiger partial charge >= 0.3 is 0 Å². The molecule has 0 aromatic heterocycles. The molecule has 100 valence electrons. The molecule has 3 heteroatoms. The molecular formula is C15H23FN2. The molecule has 0 aliphatic carbocycles. The van der Waals surface area contributed by atoms with Crippen LogP contribution in [0.25, 0.3) is 0 Å². The number of rotatable bonds is 4. The van der Waals surface area contributed by atoms with Gasteiger partial charge in [-0.15, -0.1) is 0 Å². The highest BCUT2D eigenvalue weighted by atomic mass is 19.1. The van der Waals surface area contributed by atoms with Crippen molar-refractivity contribution in [3.05, 3.63) is 29.6 Å². The van der Waals surface area contributed by atoms with Crippen LogP contribution in [0.3, 0.4) is 0 Å². The maximum atomic E-state index is 13.9. The maximum Gasteiger partial charge on any atom is 0.129 e. The Bertz CT molecular complexity index is 392. The molecule has 1 aromatic carbocycles. The zero-order chi connectivity index (χ0) is 13.0. The van der Waals surface area contributed by atoms with Crippen molar-refractivity contribution in [2.45, 2.75) is 32.7 Å². The third kappa shape index (κ3) is 2.83. The Hall–Kier alpha value is -1.09. The van der Waals surface area contributed by atoms with Crippen molar-refractivity contribution >= 4 is 5.69 Å². The average Bonchev–Trinajstić information content (AvgIpc) is 2.41. The Labute approximate surface area is 109 Å². The fourth-order valence-electron chi connectivity index (χ4n) is 2.81. The van der Waals surface area contributed by atoms with E-state index < -0.39 is 0 Å². The SMILES string of the molecule is CCC1CCCN(c2cccc(F)c2CNC)C1. The second-order valence-corrected chi connectivity index (χ2v) is 5.13. The van der Waals surface area contributed by atoms with Crippen molar-refractivity contribution in [2.75, 3.05) is 25.0 Å². The summed E-state index contributed by atoms with van der Waals surface area (Å²) in [5, 5.41) is 3.06. The molecule has 1 aliphatic heterocycles. The van der Waals surface area contributed by atoms with Crippen LogP contribution in [0.1, 0.15) is 31.7 Å². The lowest BCUT2D eigenvalue weighted by atomic mass is 9.94. The van der Waals surface area contributed by atoms with E-state index in [0.717, 1.165) is 30.3 Å². The predicted molar refractivity (Wildman–Crippen MR) is 74.4 cm³/mol.